The third-order valence-electron chi connectivity index (χ3n) is 4.81. The minimum absolute atomic E-state index is 0.0480. The molecule has 17 heavy (non-hydrogen) atoms. The standard InChI is InChI=1S/C12H22N4O/c17-16-11-7-8-13-9-12(11,14-15-16)10-5-3-1-2-4-6-10/h10-11,13-14H,1-9H2. The predicted octanol–water partition coefficient (Wildman–Crippen LogP) is 1.54. The van der Waals surface area contributed by atoms with E-state index < -0.39 is 0 Å². The molecule has 0 bridgehead atoms. The Balaban J connectivity index is 1.82. The fraction of sp³-hybridized carbons (Fsp3) is 1.00. The van der Waals surface area contributed by atoms with Crippen LogP contribution in [0.5, 0.6) is 0 Å². The van der Waals surface area contributed by atoms with Crippen molar-refractivity contribution < 1.29 is 4.86 Å². The topological polar surface area (TPSA) is 62.5 Å². The molecule has 0 aromatic carbocycles. The first-order chi connectivity index (χ1) is 8.33. The van der Waals surface area contributed by atoms with Crippen molar-refractivity contribution in [2.75, 3.05) is 13.1 Å². The van der Waals surface area contributed by atoms with Gasteiger partial charge in [-0.1, -0.05) is 25.7 Å². The van der Waals surface area contributed by atoms with Crippen molar-refractivity contribution in [2.45, 2.75) is 56.5 Å². The molecule has 2 N–H and O–H groups in total. The summed E-state index contributed by atoms with van der Waals surface area (Å²) in [6, 6.07) is 0.0480. The van der Waals surface area contributed by atoms with Gasteiger partial charge in [-0.15, -0.1) is 0 Å². The third-order valence-corrected chi connectivity index (χ3v) is 4.81. The highest BCUT2D eigenvalue weighted by Gasteiger charge is 2.56. The second-order valence-electron chi connectivity index (χ2n) is 5.72. The first-order valence-electron chi connectivity index (χ1n) is 6.98. The number of nitrogens with zero attached hydrogens (tertiary/aromatic N) is 2. The molecule has 3 aliphatic rings. The van der Waals surface area contributed by atoms with Crippen LogP contribution in [0, 0.1) is 11.1 Å². The van der Waals surface area contributed by atoms with E-state index in [1.54, 1.807) is 0 Å². The van der Waals surface area contributed by atoms with Crippen LogP contribution in [0.2, 0.25) is 0 Å². The van der Waals surface area contributed by atoms with Gasteiger partial charge in [0.15, 0.2) is 11.6 Å². The van der Waals surface area contributed by atoms with E-state index in [0.29, 0.717) is 5.92 Å². The maximum absolute atomic E-state index is 11.8. The Hall–Kier alpha value is -0.840. The van der Waals surface area contributed by atoms with E-state index in [-0.39, 0.29) is 11.6 Å². The molecule has 3 rings (SSSR count). The second kappa shape index (κ2) is 4.44. The van der Waals surface area contributed by atoms with Gasteiger partial charge in [-0.05, 0) is 19.4 Å². The Bertz CT molecular complexity index is 312. The first kappa shape index (κ1) is 11.3. The zero-order chi connectivity index (χ0) is 11.7. The summed E-state index contributed by atoms with van der Waals surface area (Å²) in [7, 11) is 0. The minimum atomic E-state index is -0.0929. The number of hydrogen-bond acceptors (Lipinski definition) is 4. The van der Waals surface area contributed by atoms with E-state index in [4.69, 9.17) is 0 Å². The van der Waals surface area contributed by atoms with E-state index in [9.17, 15) is 5.21 Å². The van der Waals surface area contributed by atoms with E-state index in [0.717, 1.165) is 24.4 Å². The smallest absolute Gasteiger partial charge is 0.182 e. The average Bonchev–Trinajstić information content (AvgIpc) is 2.58. The Kier molecular flexibility index (Phi) is 2.94. The van der Waals surface area contributed by atoms with Gasteiger partial charge >= 0.3 is 0 Å². The summed E-state index contributed by atoms with van der Waals surface area (Å²) in [5.74, 6) is 0.602. The van der Waals surface area contributed by atoms with E-state index in [1.807, 2.05) is 0 Å². The van der Waals surface area contributed by atoms with Crippen LogP contribution >= 0.6 is 0 Å². The minimum Gasteiger partial charge on any atom is -0.696 e. The highest BCUT2D eigenvalue weighted by atomic mass is 16.5. The number of hydroxylamine groups is 1. The molecule has 2 aliphatic heterocycles. The maximum atomic E-state index is 11.8. The molecular weight excluding hydrogens is 216 g/mol. The van der Waals surface area contributed by atoms with Crippen molar-refractivity contribution >= 4 is 0 Å². The Morgan fingerprint density at radius 2 is 1.88 bits per heavy atom. The average molecular weight is 238 g/mol. The van der Waals surface area contributed by atoms with Crippen LogP contribution in [0.25, 0.3) is 0 Å². The van der Waals surface area contributed by atoms with Crippen molar-refractivity contribution in [2.24, 2.45) is 11.1 Å². The molecule has 1 saturated carbocycles. The molecule has 2 heterocycles. The van der Waals surface area contributed by atoms with Gasteiger partial charge in [0.2, 0.25) is 0 Å². The van der Waals surface area contributed by atoms with E-state index in [2.05, 4.69) is 16.0 Å². The number of nitrogens with one attached hydrogen (secondary N) is 2. The number of hydrogen-bond donors (Lipinski definition) is 2. The number of rotatable bonds is 1. The highest BCUT2D eigenvalue weighted by Crippen LogP contribution is 2.38. The van der Waals surface area contributed by atoms with Crippen LogP contribution in [-0.2, 0) is 0 Å². The van der Waals surface area contributed by atoms with Crippen molar-refractivity contribution in [3.63, 3.8) is 0 Å². The Morgan fingerprint density at radius 3 is 2.65 bits per heavy atom. The zero-order valence-electron chi connectivity index (χ0n) is 10.3. The van der Waals surface area contributed by atoms with Gasteiger partial charge in [-0.2, -0.15) is 10.3 Å². The molecule has 5 heteroatoms. The van der Waals surface area contributed by atoms with Gasteiger partial charge in [0, 0.05) is 18.9 Å². The van der Waals surface area contributed by atoms with Gasteiger partial charge in [0.25, 0.3) is 0 Å². The summed E-state index contributed by atoms with van der Waals surface area (Å²) in [6.07, 6.45) is 8.71. The molecule has 0 amide bonds. The molecule has 0 aromatic rings. The fourth-order valence-corrected chi connectivity index (χ4v) is 3.85. The van der Waals surface area contributed by atoms with Crippen molar-refractivity contribution in [1.29, 1.82) is 0 Å². The second-order valence-corrected chi connectivity index (χ2v) is 5.72. The third kappa shape index (κ3) is 1.80. The van der Waals surface area contributed by atoms with Crippen LogP contribution in [-0.4, -0.2) is 29.5 Å². The molecule has 2 fully saturated rings. The van der Waals surface area contributed by atoms with Crippen molar-refractivity contribution in [3.05, 3.63) is 5.21 Å². The molecule has 2 atom stereocenters. The van der Waals surface area contributed by atoms with Crippen molar-refractivity contribution in [1.82, 2.24) is 10.7 Å². The van der Waals surface area contributed by atoms with Gasteiger partial charge in [0.1, 0.15) is 0 Å². The summed E-state index contributed by atoms with van der Waals surface area (Å²) < 4.78 is 0. The lowest BCUT2D eigenvalue weighted by Crippen LogP contribution is -2.65. The summed E-state index contributed by atoms with van der Waals surface area (Å²) in [4.78, 5) is 0.922. The van der Waals surface area contributed by atoms with Gasteiger partial charge in [-0.25, -0.2) is 0 Å². The molecular formula is C12H22N4O. The quantitative estimate of drug-likeness (QED) is 0.414. The van der Waals surface area contributed by atoms with E-state index in [1.165, 1.54) is 38.5 Å². The number of piperidine rings is 1. The Morgan fingerprint density at radius 1 is 1.12 bits per heavy atom. The van der Waals surface area contributed by atoms with Crippen LogP contribution in [0.3, 0.4) is 0 Å². The summed E-state index contributed by atoms with van der Waals surface area (Å²) in [5, 5.41) is 19.2. The SMILES string of the molecule is [O-][N+]1=NNC2(C3CCCCCC3)CNCCC12. The normalized spacial score (nSPS) is 39.1. The highest BCUT2D eigenvalue weighted by molar-refractivity contribution is 5.05. The van der Waals surface area contributed by atoms with Crippen LogP contribution < -0.4 is 10.7 Å². The summed E-state index contributed by atoms with van der Waals surface area (Å²) >= 11 is 0. The lowest BCUT2D eigenvalue weighted by molar-refractivity contribution is -0.561. The molecule has 2 unspecified atom stereocenters. The van der Waals surface area contributed by atoms with Gasteiger partial charge in [0.05, 0.1) is 5.22 Å². The molecule has 96 valence electrons. The molecule has 1 aliphatic carbocycles. The molecule has 0 aromatic heterocycles. The molecule has 1 saturated heterocycles. The first-order valence-corrected chi connectivity index (χ1v) is 6.98. The largest absolute Gasteiger partial charge is 0.696 e. The molecule has 5 nitrogen and oxygen atoms in total. The van der Waals surface area contributed by atoms with Crippen molar-refractivity contribution in [3.8, 4) is 0 Å². The zero-order valence-corrected chi connectivity index (χ0v) is 10.3. The lowest BCUT2D eigenvalue weighted by Gasteiger charge is -2.39. The lowest BCUT2D eigenvalue weighted by atomic mass is 9.72. The summed E-state index contributed by atoms with van der Waals surface area (Å²) in [5.41, 5.74) is 3.10. The van der Waals surface area contributed by atoms with E-state index >= 15 is 0 Å². The molecule has 0 radical (unpaired) electrons. The van der Waals surface area contributed by atoms with Gasteiger partial charge < -0.3 is 10.5 Å². The van der Waals surface area contributed by atoms with Crippen LogP contribution in [0.15, 0.2) is 5.22 Å². The number of fused-ring (bicyclic) bond motifs is 1. The van der Waals surface area contributed by atoms with Crippen LogP contribution in [0.4, 0.5) is 0 Å². The predicted molar refractivity (Wildman–Crippen MR) is 64.4 cm³/mol. The Labute approximate surface area is 102 Å². The molecule has 0 spiro atoms. The fourth-order valence-electron chi connectivity index (χ4n) is 3.85. The maximum Gasteiger partial charge on any atom is 0.182 e. The summed E-state index contributed by atoms with van der Waals surface area (Å²) in [6.45, 7) is 1.83. The van der Waals surface area contributed by atoms with Crippen LogP contribution in [0.1, 0.15) is 44.9 Å². The monoisotopic (exact) mass is 238 g/mol. The van der Waals surface area contributed by atoms with Gasteiger partial charge in [-0.3, -0.25) is 0 Å².